The predicted molar refractivity (Wildman–Crippen MR) is 112 cm³/mol. The zero-order valence-electron chi connectivity index (χ0n) is 17.6. The lowest BCUT2D eigenvalue weighted by atomic mass is 9.95. The number of amides is 1. The van der Waals surface area contributed by atoms with Crippen molar-refractivity contribution in [2.75, 3.05) is 27.2 Å². The molecule has 2 aliphatic heterocycles. The van der Waals surface area contributed by atoms with Crippen molar-refractivity contribution in [3.05, 3.63) is 47.0 Å². The molecule has 1 amide bonds. The molecule has 2 heterocycles. The highest BCUT2D eigenvalue weighted by Gasteiger charge is 2.24. The van der Waals surface area contributed by atoms with Crippen molar-refractivity contribution < 1.29 is 9.53 Å². The van der Waals surface area contributed by atoms with Gasteiger partial charge in [0.1, 0.15) is 12.4 Å². The van der Waals surface area contributed by atoms with Gasteiger partial charge < -0.3 is 19.9 Å². The van der Waals surface area contributed by atoms with Crippen LogP contribution < -0.4 is 10.6 Å². The van der Waals surface area contributed by atoms with E-state index in [9.17, 15) is 4.79 Å². The van der Waals surface area contributed by atoms with Gasteiger partial charge in [0.25, 0.3) is 0 Å². The molecule has 0 aromatic heterocycles. The van der Waals surface area contributed by atoms with Crippen molar-refractivity contribution >= 4 is 5.91 Å². The van der Waals surface area contributed by atoms with Crippen LogP contribution in [0.4, 0.5) is 0 Å². The lowest BCUT2D eigenvalue weighted by molar-refractivity contribution is -0.128. The van der Waals surface area contributed by atoms with Gasteiger partial charge in [-0.05, 0) is 76.8 Å². The third-order valence-electron chi connectivity index (χ3n) is 5.87. The van der Waals surface area contributed by atoms with Crippen LogP contribution in [-0.4, -0.2) is 55.3 Å². The number of hydrogen-bond acceptors (Lipinski definition) is 5. The molecule has 154 valence electrons. The van der Waals surface area contributed by atoms with Gasteiger partial charge in [-0.25, -0.2) is 0 Å². The highest BCUT2D eigenvalue weighted by molar-refractivity contribution is 5.94. The van der Waals surface area contributed by atoms with E-state index in [2.05, 4.69) is 46.9 Å². The zero-order valence-corrected chi connectivity index (χ0v) is 17.6. The van der Waals surface area contributed by atoms with Crippen LogP contribution in [0, 0.1) is 0 Å². The van der Waals surface area contributed by atoms with Gasteiger partial charge in [-0.1, -0.05) is 0 Å². The maximum absolute atomic E-state index is 12.8. The summed E-state index contributed by atoms with van der Waals surface area (Å²) in [7, 11) is 3.66. The van der Waals surface area contributed by atoms with E-state index in [-0.39, 0.29) is 18.3 Å². The fourth-order valence-electron chi connectivity index (χ4n) is 4.04. The first kappa shape index (κ1) is 20.7. The lowest BCUT2D eigenvalue weighted by Crippen LogP contribution is -2.46. The number of likely N-dealkylation sites (N-methyl/N-ethyl adjacent to an activating group) is 1. The van der Waals surface area contributed by atoms with Crippen LogP contribution in [0.2, 0.25) is 0 Å². The Balaban J connectivity index is 1.68. The Morgan fingerprint density at radius 1 is 1.25 bits per heavy atom. The Morgan fingerprint density at radius 3 is 2.64 bits per heavy atom. The molecule has 0 bridgehead atoms. The van der Waals surface area contributed by atoms with Crippen molar-refractivity contribution in [2.45, 2.75) is 58.3 Å². The molecule has 1 aliphatic carbocycles. The first-order valence-electron chi connectivity index (χ1n) is 10.4. The van der Waals surface area contributed by atoms with Crippen molar-refractivity contribution in [3.8, 4) is 0 Å². The molecule has 2 N–H and O–H groups in total. The third-order valence-corrected chi connectivity index (χ3v) is 5.87. The first-order chi connectivity index (χ1) is 13.5. The van der Waals surface area contributed by atoms with Gasteiger partial charge in [-0.3, -0.25) is 10.1 Å². The van der Waals surface area contributed by atoms with Crippen LogP contribution in [0.25, 0.3) is 0 Å². The molecule has 6 nitrogen and oxygen atoms in total. The number of methoxy groups -OCH3 is 1. The van der Waals surface area contributed by atoms with E-state index in [0.29, 0.717) is 0 Å². The Bertz CT molecular complexity index is 701. The van der Waals surface area contributed by atoms with Crippen molar-refractivity contribution in [3.63, 3.8) is 0 Å². The second kappa shape index (κ2) is 9.43. The van der Waals surface area contributed by atoms with Crippen molar-refractivity contribution in [2.24, 2.45) is 0 Å². The fourth-order valence-corrected chi connectivity index (χ4v) is 4.04. The smallest absolute Gasteiger partial charge is 0.249 e. The molecule has 2 unspecified atom stereocenters. The molecule has 0 spiro atoms. The van der Waals surface area contributed by atoms with Crippen LogP contribution in [0.15, 0.2) is 47.0 Å². The first-order valence-corrected chi connectivity index (χ1v) is 10.4. The van der Waals surface area contributed by atoms with Gasteiger partial charge in [0.2, 0.25) is 5.91 Å². The minimum atomic E-state index is -0.00609. The van der Waals surface area contributed by atoms with Crippen molar-refractivity contribution in [1.29, 1.82) is 0 Å². The molecule has 0 saturated carbocycles. The lowest BCUT2D eigenvalue weighted by Gasteiger charge is -2.36. The predicted octanol–water partition coefficient (Wildman–Crippen LogP) is 2.83. The average molecular weight is 387 g/mol. The van der Waals surface area contributed by atoms with E-state index in [1.54, 1.807) is 7.11 Å². The topological polar surface area (TPSA) is 56.8 Å². The maximum atomic E-state index is 12.8. The molecule has 2 atom stereocenters. The number of hydrogen-bond donors (Lipinski definition) is 2. The normalized spacial score (nSPS) is 24.1. The SMILES string of the molecule is CNC1C=C(NC2=C(C)C=C(C(=O)N3CCCCC3)CC2)C=CN1C(C)OC. The minimum absolute atomic E-state index is 0.00609. The summed E-state index contributed by atoms with van der Waals surface area (Å²) in [6, 6.07) is 0. The largest absolute Gasteiger partial charge is 0.362 e. The number of likely N-dealkylation sites (tertiary alicyclic amines) is 1. The highest BCUT2D eigenvalue weighted by Crippen LogP contribution is 2.26. The maximum Gasteiger partial charge on any atom is 0.249 e. The Hall–Kier alpha value is -2.05. The van der Waals surface area contributed by atoms with Gasteiger partial charge in [0.05, 0.1) is 0 Å². The van der Waals surface area contributed by atoms with Crippen molar-refractivity contribution in [1.82, 2.24) is 20.4 Å². The number of nitrogens with zero attached hydrogens (tertiary/aromatic N) is 2. The number of carbonyl (C=O) groups is 1. The standard InChI is InChI=1S/C22H34N4O2/c1-16-14-18(22(27)25-11-6-5-7-12-25)8-9-20(16)24-19-10-13-26(17(2)28-4)21(15-19)23-3/h10,13-15,17,21,23-24H,5-9,11-12H2,1-4H3. The molecular weight excluding hydrogens is 352 g/mol. The summed E-state index contributed by atoms with van der Waals surface area (Å²) in [4.78, 5) is 16.9. The summed E-state index contributed by atoms with van der Waals surface area (Å²) in [5.74, 6) is 0.231. The summed E-state index contributed by atoms with van der Waals surface area (Å²) in [5.41, 5.74) is 4.35. The van der Waals surface area contributed by atoms with E-state index >= 15 is 0 Å². The van der Waals surface area contributed by atoms with Gasteiger partial charge in [0, 0.05) is 43.4 Å². The minimum Gasteiger partial charge on any atom is -0.362 e. The number of allylic oxidation sites excluding steroid dienone is 4. The quantitative estimate of drug-likeness (QED) is 0.735. The molecule has 1 saturated heterocycles. The number of piperidine rings is 1. The Morgan fingerprint density at radius 2 is 2.00 bits per heavy atom. The van der Waals surface area contributed by atoms with E-state index < -0.39 is 0 Å². The summed E-state index contributed by atoms with van der Waals surface area (Å²) in [5, 5.41) is 6.87. The number of carbonyl (C=O) groups excluding carboxylic acids is 1. The highest BCUT2D eigenvalue weighted by atomic mass is 16.5. The van der Waals surface area contributed by atoms with E-state index in [1.165, 1.54) is 12.1 Å². The second-order valence-corrected chi connectivity index (χ2v) is 7.76. The van der Waals surface area contributed by atoms with Gasteiger partial charge in [-0.2, -0.15) is 0 Å². The number of ether oxygens (including phenoxy) is 1. The number of rotatable bonds is 6. The van der Waals surface area contributed by atoms with Gasteiger partial charge in [-0.15, -0.1) is 0 Å². The van der Waals surface area contributed by atoms with Gasteiger partial charge >= 0.3 is 0 Å². The Labute approximate surface area is 169 Å². The monoisotopic (exact) mass is 386 g/mol. The van der Waals surface area contributed by atoms with Crippen LogP contribution in [0.5, 0.6) is 0 Å². The Kier molecular flexibility index (Phi) is 6.97. The van der Waals surface area contributed by atoms with E-state index in [4.69, 9.17) is 4.74 Å². The molecule has 6 heteroatoms. The fraction of sp³-hybridized carbons (Fsp3) is 0.591. The van der Waals surface area contributed by atoms with Crippen LogP contribution in [-0.2, 0) is 9.53 Å². The van der Waals surface area contributed by atoms with Crippen LogP contribution >= 0.6 is 0 Å². The zero-order chi connectivity index (χ0) is 20.1. The molecule has 0 aromatic carbocycles. The molecule has 3 aliphatic rings. The molecule has 0 aromatic rings. The molecule has 28 heavy (non-hydrogen) atoms. The van der Waals surface area contributed by atoms with Crippen LogP contribution in [0.1, 0.15) is 46.0 Å². The third kappa shape index (κ3) is 4.67. The average Bonchev–Trinajstić information content (AvgIpc) is 2.74. The van der Waals surface area contributed by atoms with E-state index in [0.717, 1.165) is 55.6 Å². The molecule has 1 fully saturated rings. The van der Waals surface area contributed by atoms with Gasteiger partial charge in [0.15, 0.2) is 0 Å². The number of nitrogens with one attached hydrogen (secondary N) is 2. The summed E-state index contributed by atoms with van der Waals surface area (Å²) >= 11 is 0. The summed E-state index contributed by atoms with van der Waals surface area (Å²) < 4.78 is 5.44. The second-order valence-electron chi connectivity index (χ2n) is 7.76. The molecule has 3 rings (SSSR count). The van der Waals surface area contributed by atoms with Crippen LogP contribution in [0.3, 0.4) is 0 Å². The van der Waals surface area contributed by atoms with E-state index in [1.807, 2.05) is 18.9 Å². The molecular formula is C22H34N4O2. The molecule has 0 radical (unpaired) electrons. The summed E-state index contributed by atoms with van der Waals surface area (Å²) in [6.45, 7) is 5.93. The summed E-state index contributed by atoms with van der Waals surface area (Å²) in [6.07, 6.45) is 13.6.